The third-order valence-electron chi connectivity index (χ3n) is 5.60. The summed E-state index contributed by atoms with van der Waals surface area (Å²) in [6, 6.07) is 0.441. The van der Waals surface area contributed by atoms with Gasteiger partial charge < -0.3 is 4.90 Å². The van der Waals surface area contributed by atoms with E-state index < -0.39 is 9.84 Å². The molecule has 1 amide bonds. The third kappa shape index (κ3) is 3.61. The summed E-state index contributed by atoms with van der Waals surface area (Å²) in [5.41, 5.74) is 0. The average Bonchev–Trinajstić information content (AvgIpc) is 3.06. The Morgan fingerprint density at radius 2 is 1.76 bits per heavy atom. The molecule has 120 valence electrons. The van der Waals surface area contributed by atoms with E-state index in [1.807, 2.05) is 0 Å². The highest BCUT2D eigenvalue weighted by atomic mass is 32.2. The normalized spacial score (nSPS) is 33.4. The molecular formula is C16H27NO3S. The minimum absolute atomic E-state index is 0.0649. The van der Waals surface area contributed by atoms with Crippen LogP contribution in [0.3, 0.4) is 0 Å². The Bertz CT molecular complexity index is 482. The molecule has 1 saturated carbocycles. The van der Waals surface area contributed by atoms with Crippen molar-refractivity contribution in [2.45, 2.75) is 63.8 Å². The number of sulfone groups is 1. The Morgan fingerprint density at radius 3 is 2.43 bits per heavy atom. The lowest BCUT2D eigenvalue weighted by molar-refractivity contribution is -0.134. The predicted molar refractivity (Wildman–Crippen MR) is 82.7 cm³/mol. The van der Waals surface area contributed by atoms with Gasteiger partial charge in [-0.15, -0.1) is 0 Å². The van der Waals surface area contributed by atoms with Crippen LogP contribution in [0.5, 0.6) is 0 Å². The van der Waals surface area contributed by atoms with Crippen LogP contribution < -0.4 is 0 Å². The second kappa shape index (κ2) is 6.27. The van der Waals surface area contributed by atoms with Crippen LogP contribution in [0.1, 0.15) is 57.8 Å². The van der Waals surface area contributed by atoms with Crippen molar-refractivity contribution >= 4 is 15.7 Å². The molecule has 0 aromatic carbocycles. The molecule has 3 rings (SSSR count). The van der Waals surface area contributed by atoms with Gasteiger partial charge in [-0.3, -0.25) is 4.79 Å². The van der Waals surface area contributed by atoms with Crippen LogP contribution in [-0.2, 0) is 14.6 Å². The number of nitrogens with zero attached hydrogens (tertiary/aromatic N) is 1. The molecular weight excluding hydrogens is 286 g/mol. The van der Waals surface area contributed by atoms with Gasteiger partial charge in [0.05, 0.1) is 11.5 Å². The summed E-state index contributed by atoms with van der Waals surface area (Å²) in [5, 5.41) is 0. The van der Waals surface area contributed by atoms with Crippen molar-refractivity contribution in [3.05, 3.63) is 0 Å². The van der Waals surface area contributed by atoms with E-state index in [2.05, 4.69) is 4.90 Å². The van der Waals surface area contributed by atoms with Gasteiger partial charge in [-0.25, -0.2) is 8.42 Å². The van der Waals surface area contributed by atoms with Crippen molar-refractivity contribution in [3.63, 3.8) is 0 Å². The number of amides is 1. The number of rotatable bonds is 3. The first kappa shape index (κ1) is 15.3. The van der Waals surface area contributed by atoms with Crippen molar-refractivity contribution in [3.8, 4) is 0 Å². The van der Waals surface area contributed by atoms with Gasteiger partial charge in [-0.2, -0.15) is 0 Å². The van der Waals surface area contributed by atoms with Crippen LogP contribution in [0, 0.1) is 11.8 Å². The first-order valence-electron chi connectivity index (χ1n) is 8.55. The smallest absolute Gasteiger partial charge is 0.223 e. The lowest BCUT2D eigenvalue weighted by atomic mass is 9.83. The second-order valence-corrected chi connectivity index (χ2v) is 9.40. The van der Waals surface area contributed by atoms with Gasteiger partial charge >= 0.3 is 0 Å². The van der Waals surface area contributed by atoms with Crippen LogP contribution in [0.25, 0.3) is 0 Å². The lowest BCUT2D eigenvalue weighted by Gasteiger charge is -2.34. The molecule has 4 nitrogen and oxygen atoms in total. The molecule has 0 unspecified atom stereocenters. The Hall–Kier alpha value is -0.580. The van der Waals surface area contributed by atoms with Crippen LogP contribution in [0.15, 0.2) is 0 Å². The number of carbonyl (C=O) groups is 1. The molecule has 2 saturated heterocycles. The van der Waals surface area contributed by atoms with Crippen molar-refractivity contribution in [1.29, 1.82) is 0 Å². The standard InChI is InChI=1S/C16H27NO3S/c18-16(11-13-8-10-21(19,20)12-13)17-9-4-7-15(17)14-5-2-1-3-6-14/h13-15H,1-12H2/t13-,15+/m0/s1. The first-order chi connectivity index (χ1) is 10.1. The van der Waals surface area contributed by atoms with Gasteiger partial charge in [0.25, 0.3) is 0 Å². The number of hydrogen-bond acceptors (Lipinski definition) is 3. The van der Waals surface area contributed by atoms with Gasteiger partial charge in [0.2, 0.25) is 5.91 Å². The van der Waals surface area contributed by atoms with E-state index in [0.717, 1.165) is 19.4 Å². The Labute approximate surface area is 128 Å². The molecule has 21 heavy (non-hydrogen) atoms. The van der Waals surface area contributed by atoms with E-state index >= 15 is 0 Å². The van der Waals surface area contributed by atoms with Gasteiger partial charge in [0, 0.05) is 19.0 Å². The average molecular weight is 313 g/mol. The van der Waals surface area contributed by atoms with Crippen molar-refractivity contribution < 1.29 is 13.2 Å². The SMILES string of the molecule is O=C(C[C@@H]1CCS(=O)(=O)C1)N1CCC[C@@H]1C1CCCCC1. The van der Waals surface area contributed by atoms with Gasteiger partial charge in [0.15, 0.2) is 9.84 Å². The van der Waals surface area contributed by atoms with E-state index in [0.29, 0.717) is 24.8 Å². The molecule has 1 aliphatic carbocycles. The first-order valence-corrected chi connectivity index (χ1v) is 10.4. The summed E-state index contributed by atoms with van der Waals surface area (Å²) >= 11 is 0. The maximum Gasteiger partial charge on any atom is 0.223 e. The minimum Gasteiger partial charge on any atom is -0.339 e. The van der Waals surface area contributed by atoms with Crippen molar-refractivity contribution in [1.82, 2.24) is 4.90 Å². The highest BCUT2D eigenvalue weighted by Crippen LogP contribution is 2.35. The molecule has 5 heteroatoms. The van der Waals surface area contributed by atoms with Gasteiger partial charge in [0.1, 0.15) is 0 Å². The number of likely N-dealkylation sites (tertiary alicyclic amines) is 1. The summed E-state index contributed by atoms with van der Waals surface area (Å²) < 4.78 is 23.1. The minimum atomic E-state index is -2.87. The zero-order valence-electron chi connectivity index (χ0n) is 12.8. The zero-order chi connectivity index (χ0) is 14.9. The van der Waals surface area contributed by atoms with Gasteiger partial charge in [-0.1, -0.05) is 19.3 Å². The lowest BCUT2D eigenvalue weighted by Crippen LogP contribution is -2.41. The Balaban J connectivity index is 1.58. The monoisotopic (exact) mass is 313 g/mol. The molecule has 0 spiro atoms. The molecule has 0 bridgehead atoms. The topological polar surface area (TPSA) is 54.5 Å². The fourth-order valence-electron chi connectivity index (χ4n) is 4.51. The van der Waals surface area contributed by atoms with E-state index in [1.54, 1.807) is 0 Å². The maximum atomic E-state index is 12.6. The molecule has 2 atom stereocenters. The van der Waals surface area contributed by atoms with Crippen LogP contribution >= 0.6 is 0 Å². The van der Waals surface area contributed by atoms with Crippen LogP contribution in [-0.4, -0.2) is 43.3 Å². The quantitative estimate of drug-likeness (QED) is 0.804. The zero-order valence-corrected chi connectivity index (χ0v) is 13.6. The van der Waals surface area contributed by atoms with E-state index in [9.17, 15) is 13.2 Å². The van der Waals surface area contributed by atoms with E-state index in [4.69, 9.17) is 0 Å². The molecule has 0 radical (unpaired) electrons. The molecule has 2 aliphatic heterocycles. The largest absolute Gasteiger partial charge is 0.339 e. The summed E-state index contributed by atoms with van der Waals surface area (Å²) in [4.78, 5) is 14.7. The molecule has 3 fully saturated rings. The number of carbonyl (C=O) groups excluding carboxylic acids is 1. The molecule has 0 aromatic rings. The predicted octanol–water partition coefficient (Wildman–Crippen LogP) is 2.38. The van der Waals surface area contributed by atoms with Crippen LogP contribution in [0.4, 0.5) is 0 Å². The summed E-state index contributed by atoms with van der Waals surface area (Å²) in [7, 11) is -2.87. The maximum absolute atomic E-state index is 12.6. The van der Waals surface area contributed by atoms with Crippen molar-refractivity contribution in [2.24, 2.45) is 11.8 Å². The van der Waals surface area contributed by atoms with Crippen LogP contribution in [0.2, 0.25) is 0 Å². The number of hydrogen-bond donors (Lipinski definition) is 0. The molecule has 0 N–H and O–H groups in total. The summed E-state index contributed by atoms with van der Waals surface area (Å²) in [5.74, 6) is 1.47. The highest BCUT2D eigenvalue weighted by Gasteiger charge is 2.37. The third-order valence-corrected chi connectivity index (χ3v) is 7.44. The van der Waals surface area contributed by atoms with E-state index in [-0.39, 0.29) is 23.3 Å². The fourth-order valence-corrected chi connectivity index (χ4v) is 6.37. The Morgan fingerprint density at radius 1 is 1.00 bits per heavy atom. The second-order valence-electron chi connectivity index (χ2n) is 7.17. The Kier molecular flexibility index (Phi) is 4.57. The highest BCUT2D eigenvalue weighted by molar-refractivity contribution is 7.91. The van der Waals surface area contributed by atoms with Crippen molar-refractivity contribution in [2.75, 3.05) is 18.1 Å². The summed E-state index contributed by atoms with van der Waals surface area (Å²) in [6.07, 6.45) is 9.90. The van der Waals surface area contributed by atoms with E-state index in [1.165, 1.54) is 32.1 Å². The summed E-state index contributed by atoms with van der Waals surface area (Å²) in [6.45, 7) is 0.888. The molecule has 2 heterocycles. The fraction of sp³-hybridized carbons (Fsp3) is 0.938. The molecule has 3 aliphatic rings. The molecule has 0 aromatic heterocycles. The van der Waals surface area contributed by atoms with Gasteiger partial charge in [-0.05, 0) is 43.9 Å².